The average Bonchev–Trinajstić information content (AvgIpc) is 2.86. The smallest absolute Gasteiger partial charge is 0.174 e. The van der Waals surface area contributed by atoms with Crippen molar-refractivity contribution in [3.8, 4) is 5.75 Å². The zero-order valence-electron chi connectivity index (χ0n) is 11.7. The summed E-state index contributed by atoms with van der Waals surface area (Å²) in [5.41, 5.74) is 1.16. The summed E-state index contributed by atoms with van der Waals surface area (Å²) in [5, 5.41) is 20.3. The van der Waals surface area contributed by atoms with Crippen LogP contribution in [0.1, 0.15) is 35.2 Å². The molecule has 2 aliphatic rings. The lowest BCUT2D eigenvalue weighted by molar-refractivity contribution is 0.00704. The molecular formula is C16H21NO3. The molecule has 0 bridgehead atoms. The van der Waals surface area contributed by atoms with Crippen molar-refractivity contribution in [2.45, 2.75) is 38.3 Å². The molecule has 4 heteroatoms. The largest absolute Gasteiger partial charge is 0.507 e. The molecule has 2 heterocycles. The Hall–Kier alpha value is -1.39. The topological polar surface area (TPSA) is 60.8 Å². The van der Waals surface area contributed by atoms with Crippen LogP contribution in [0.5, 0.6) is 5.75 Å². The second kappa shape index (κ2) is 5.19. The lowest BCUT2D eigenvalue weighted by atomic mass is 9.80. The molecule has 20 heavy (non-hydrogen) atoms. The number of aliphatic hydroxyl groups excluding tert-OH is 1. The minimum absolute atomic E-state index is 0.0253. The molecule has 0 aliphatic carbocycles. The quantitative estimate of drug-likeness (QED) is 0.807. The third-order valence-corrected chi connectivity index (χ3v) is 4.76. The van der Waals surface area contributed by atoms with Gasteiger partial charge in [-0.15, -0.1) is 0 Å². The molecule has 1 aromatic carbocycles. The van der Waals surface area contributed by atoms with Crippen LogP contribution in [0.15, 0.2) is 18.2 Å². The maximum atomic E-state index is 12.8. The molecule has 4 nitrogen and oxygen atoms in total. The van der Waals surface area contributed by atoms with Crippen molar-refractivity contribution in [2.24, 2.45) is 5.92 Å². The van der Waals surface area contributed by atoms with Crippen molar-refractivity contribution in [3.05, 3.63) is 29.3 Å². The van der Waals surface area contributed by atoms with Gasteiger partial charge in [-0.3, -0.25) is 9.69 Å². The zero-order valence-corrected chi connectivity index (χ0v) is 11.7. The van der Waals surface area contributed by atoms with Crippen molar-refractivity contribution in [1.82, 2.24) is 4.90 Å². The summed E-state index contributed by atoms with van der Waals surface area (Å²) in [6.45, 7) is 3.71. The van der Waals surface area contributed by atoms with Gasteiger partial charge < -0.3 is 10.2 Å². The number of benzene rings is 1. The number of aryl methyl sites for hydroxylation is 1. The maximum Gasteiger partial charge on any atom is 0.174 e. The van der Waals surface area contributed by atoms with Gasteiger partial charge in [0.05, 0.1) is 17.6 Å². The number of rotatable bonds is 2. The summed E-state index contributed by atoms with van der Waals surface area (Å²) in [6, 6.07) is 5.24. The third-order valence-electron chi connectivity index (χ3n) is 4.76. The number of ketones is 1. The standard InChI is InChI=1S/C16H21NO3/c1-10-4-2-6-12(18)14(10)16(20)15-11-5-3-8-17(11)9-7-13(15)19/h2,4,6,11,13,15,18-19H,3,5,7-9H2,1H3/t11-,13+,15-/m0/s1. The van der Waals surface area contributed by atoms with Crippen molar-refractivity contribution in [1.29, 1.82) is 0 Å². The highest BCUT2D eigenvalue weighted by atomic mass is 16.3. The Bertz CT molecular complexity index is 508. The van der Waals surface area contributed by atoms with E-state index in [4.69, 9.17) is 0 Å². The van der Waals surface area contributed by atoms with Crippen LogP contribution in [0.25, 0.3) is 0 Å². The molecule has 1 aromatic rings. The van der Waals surface area contributed by atoms with Gasteiger partial charge in [-0.05, 0) is 44.4 Å². The number of nitrogens with zero attached hydrogens (tertiary/aromatic N) is 1. The molecule has 2 N–H and O–H groups in total. The normalized spacial score (nSPS) is 30.2. The number of aliphatic hydroxyl groups is 1. The SMILES string of the molecule is Cc1cccc(O)c1C(=O)[C@@H]1[C@H](O)CCN2CCC[C@@H]12. The van der Waals surface area contributed by atoms with Crippen molar-refractivity contribution >= 4 is 5.78 Å². The fourth-order valence-electron chi connectivity index (χ4n) is 3.76. The lowest BCUT2D eigenvalue weighted by Gasteiger charge is -2.39. The molecule has 0 unspecified atom stereocenters. The van der Waals surface area contributed by atoms with E-state index in [0.717, 1.165) is 31.5 Å². The first kappa shape index (κ1) is 13.6. The second-order valence-corrected chi connectivity index (χ2v) is 5.96. The van der Waals surface area contributed by atoms with Crippen molar-refractivity contribution in [3.63, 3.8) is 0 Å². The Morgan fingerprint density at radius 2 is 2.10 bits per heavy atom. The monoisotopic (exact) mass is 275 g/mol. The number of carbonyl (C=O) groups is 1. The van der Waals surface area contributed by atoms with E-state index in [1.807, 2.05) is 13.0 Å². The summed E-state index contributed by atoms with van der Waals surface area (Å²) >= 11 is 0. The van der Waals surface area contributed by atoms with E-state index in [2.05, 4.69) is 4.90 Å². The Balaban J connectivity index is 1.96. The predicted molar refractivity (Wildman–Crippen MR) is 75.9 cm³/mol. The van der Waals surface area contributed by atoms with Gasteiger partial charge in [0.15, 0.2) is 5.78 Å². The molecule has 3 rings (SSSR count). The van der Waals surface area contributed by atoms with Gasteiger partial charge in [0.25, 0.3) is 0 Å². The van der Waals surface area contributed by atoms with Crippen molar-refractivity contribution < 1.29 is 15.0 Å². The third kappa shape index (κ3) is 2.13. The van der Waals surface area contributed by atoms with E-state index in [9.17, 15) is 15.0 Å². The van der Waals surface area contributed by atoms with E-state index >= 15 is 0 Å². The highest BCUT2D eigenvalue weighted by molar-refractivity contribution is 6.02. The number of Topliss-reactive ketones (excluding diaryl/α,β-unsaturated/α-hetero) is 1. The molecule has 2 aliphatic heterocycles. The van der Waals surface area contributed by atoms with E-state index in [1.165, 1.54) is 0 Å². The molecule has 0 aromatic heterocycles. The Labute approximate surface area is 119 Å². The predicted octanol–water partition coefficient (Wildman–Crippen LogP) is 1.73. The van der Waals surface area contributed by atoms with Crippen LogP contribution >= 0.6 is 0 Å². The Morgan fingerprint density at radius 3 is 2.85 bits per heavy atom. The summed E-state index contributed by atoms with van der Waals surface area (Å²) < 4.78 is 0. The zero-order chi connectivity index (χ0) is 14.3. The van der Waals surface area contributed by atoms with Crippen LogP contribution in [-0.2, 0) is 0 Å². The fraction of sp³-hybridized carbons (Fsp3) is 0.562. The molecule has 2 fully saturated rings. The number of piperidine rings is 1. The number of phenols is 1. The number of aromatic hydroxyl groups is 1. The summed E-state index contributed by atoms with van der Waals surface area (Å²) in [4.78, 5) is 15.2. The summed E-state index contributed by atoms with van der Waals surface area (Å²) in [7, 11) is 0. The molecular weight excluding hydrogens is 254 g/mol. The first-order chi connectivity index (χ1) is 9.59. The average molecular weight is 275 g/mol. The van der Waals surface area contributed by atoms with Crippen LogP contribution in [0.4, 0.5) is 0 Å². The fourth-order valence-corrected chi connectivity index (χ4v) is 3.76. The van der Waals surface area contributed by atoms with Crippen LogP contribution in [0, 0.1) is 12.8 Å². The molecule has 0 spiro atoms. The van der Waals surface area contributed by atoms with E-state index < -0.39 is 12.0 Å². The number of phenolic OH excluding ortho intramolecular Hbond substituents is 1. The van der Waals surface area contributed by atoms with Crippen LogP contribution in [-0.4, -0.2) is 46.1 Å². The van der Waals surface area contributed by atoms with Crippen molar-refractivity contribution in [2.75, 3.05) is 13.1 Å². The van der Waals surface area contributed by atoms with Crippen LogP contribution in [0.3, 0.4) is 0 Å². The minimum Gasteiger partial charge on any atom is -0.507 e. The summed E-state index contributed by atoms with van der Waals surface area (Å²) in [6.07, 6.45) is 2.08. The minimum atomic E-state index is -0.596. The van der Waals surface area contributed by atoms with E-state index in [1.54, 1.807) is 12.1 Å². The van der Waals surface area contributed by atoms with Crippen LogP contribution < -0.4 is 0 Å². The molecule has 108 valence electrons. The van der Waals surface area contributed by atoms with E-state index in [0.29, 0.717) is 12.0 Å². The molecule has 0 saturated carbocycles. The molecule has 3 atom stereocenters. The molecule has 0 radical (unpaired) electrons. The number of hydrogen-bond acceptors (Lipinski definition) is 4. The second-order valence-electron chi connectivity index (χ2n) is 5.96. The lowest BCUT2D eigenvalue weighted by Crippen LogP contribution is -2.51. The van der Waals surface area contributed by atoms with Gasteiger partial charge >= 0.3 is 0 Å². The van der Waals surface area contributed by atoms with Gasteiger partial charge in [-0.25, -0.2) is 0 Å². The van der Waals surface area contributed by atoms with Gasteiger partial charge in [-0.1, -0.05) is 12.1 Å². The number of carbonyl (C=O) groups excluding carboxylic acids is 1. The van der Waals surface area contributed by atoms with E-state index in [-0.39, 0.29) is 17.6 Å². The molecule has 2 saturated heterocycles. The molecule has 0 amide bonds. The highest BCUT2D eigenvalue weighted by Crippen LogP contribution is 2.36. The highest BCUT2D eigenvalue weighted by Gasteiger charge is 2.44. The van der Waals surface area contributed by atoms with Gasteiger partial charge in [-0.2, -0.15) is 0 Å². The first-order valence-electron chi connectivity index (χ1n) is 7.34. The van der Waals surface area contributed by atoms with Crippen LogP contribution in [0.2, 0.25) is 0 Å². The Kier molecular flexibility index (Phi) is 3.52. The first-order valence-corrected chi connectivity index (χ1v) is 7.34. The maximum absolute atomic E-state index is 12.8. The van der Waals surface area contributed by atoms with Gasteiger partial charge in [0, 0.05) is 12.6 Å². The number of hydrogen-bond donors (Lipinski definition) is 2. The van der Waals surface area contributed by atoms with Gasteiger partial charge in [0.2, 0.25) is 0 Å². The van der Waals surface area contributed by atoms with Gasteiger partial charge in [0.1, 0.15) is 5.75 Å². The number of fused-ring (bicyclic) bond motifs is 1. The Morgan fingerprint density at radius 1 is 1.30 bits per heavy atom. The summed E-state index contributed by atoms with van der Waals surface area (Å²) in [5.74, 6) is -0.486.